The van der Waals surface area contributed by atoms with Crippen LogP contribution in [0.15, 0.2) is 78.2 Å². The number of methoxy groups -OCH3 is 1. The summed E-state index contributed by atoms with van der Waals surface area (Å²) in [6.07, 6.45) is 0. The highest BCUT2D eigenvalue weighted by atomic mass is 16.6. The number of allylic oxidation sites excluding steroid dienone is 1. The lowest BCUT2D eigenvalue weighted by Crippen LogP contribution is -2.21. The summed E-state index contributed by atoms with van der Waals surface area (Å²) in [4.78, 5) is 22.8. The Morgan fingerprint density at radius 3 is 2.69 bits per heavy atom. The molecule has 0 amide bonds. The van der Waals surface area contributed by atoms with Gasteiger partial charge in [-0.25, -0.2) is 4.79 Å². The van der Waals surface area contributed by atoms with Gasteiger partial charge in [0.1, 0.15) is 28.9 Å². The van der Waals surface area contributed by atoms with Crippen molar-refractivity contribution in [2.45, 2.75) is 5.92 Å². The lowest BCUT2D eigenvalue weighted by molar-refractivity contribution is -0.385. The van der Waals surface area contributed by atoms with Gasteiger partial charge in [-0.15, -0.1) is 0 Å². The number of rotatable bonds is 7. The average Bonchev–Trinajstić information content (AvgIpc) is 2.86. The van der Waals surface area contributed by atoms with Gasteiger partial charge >= 0.3 is 11.7 Å². The summed E-state index contributed by atoms with van der Waals surface area (Å²) in [7, 11) is 1.55. The quantitative estimate of drug-likeness (QED) is 0.234. The molecule has 176 valence electrons. The van der Waals surface area contributed by atoms with Crippen LogP contribution in [0.4, 0.5) is 5.69 Å². The van der Waals surface area contributed by atoms with Crippen molar-refractivity contribution in [1.82, 2.24) is 0 Å². The number of hydrogen-bond acceptors (Lipinski definition) is 9. The van der Waals surface area contributed by atoms with Crippen LogP contribution in [-0.2, 0) is 4.79 Å². The number of fused-ring (bicyclic) bond motifs is 1. The number of esters is 1. The highest BCUT2D eigenvalue weighted by Crippen LogP contribution is 2.44. The molecule has 1 atom stereocenters. The van der Waals surface area contributed by atoms with Crippen molar-refractivity contribution >= 4 is 11.7 Å². The summed E-state index contributed by atoms with van der Waals surface area (Å²) in [6.45, 7) is -0.546. The molecule has 0 saturated heterocycles. The van der Waals surface area contributed by atoms with Crippen molar-refractivity contribution in [2.75, 3.05) is 13.7 Å². The Labute approximate surface area is 199 Å². The van der Waals surface area contributed by atoms with E-state index in [1.165, 1.54) is 24.3 Å². The Kier molecular flexibility index (Phi) is 6.50. The first-order valence-corrected chi connectivity index (χ1v) is 10.3. The number of carbonyl (C=O) groups is 1. The molecule has 1 aliphatic rings. The fourth-order valence-corrected chi connectivity index (χ4v) is 3.69. The number of ether oxygens (including phenoxy) is 4. The van der Waals surface area contributed by atoms with Crippen LogP contribution in [-0.4, -0.2) is 24.6 Å². The molecule has 10 nitrogen and oxygen atoms in total. The summed E-state index contributed by atoms with van der Waals surface area (Å²) in [5.41, 5.74) is 7.43. The van der Waals surface area contributed by atoms with Gasteiger partial charge in [0.2, 0.25) is 5.88 Å². The predicted molar refractivity (Wildman–Crippen MR) is 123 cm³/mol. The highest BCUT2D eigenvalue weighted by molar-refractivity contribution is 5.74. The maximum absolute atomic E-state index is 12.3. The third-order valence-electron chi connectivity index (χ3n) is 5.26. The molecule has 1 aliphatic heterocycles. The zero-order chi connectivity index (χ0) is 24.9. The summed E-state index contributed by atoms with van der Waals surface area (Å²) in [6, 6.07) is 19.8. The highest BCUT2D eigenvalue weighted by Gasteiger charge is 2.31. The van der Waals surface area contributed by atoms with E-state index in [1.807, 2.05) is 12.1 Å². The summed E-state index contributed by atoms with van der Waals surface area (Å²) in [5.74, 6) is -0.301. The van der Waals surface area contributed by atoms with E-state index in [0.717, 1.165) is 5.56 Å². The molecule has 0 aromatic heterocycles. The Morgan fingerprint density at radius 2 is 1.94 bits per heavy atom. The van der Waals surface area contributed by atoms with Crippen molar-refractivity contribution in [3.8, 4) is 29.1 Å². The van der Waals surface area contributed by atoms with E-state index >= 15 is 0 Å². The molecule has 3 aromatic carbocycles. The molecular weight excluding hydrogens is 454 g/mol. The lowest BCUT2D eigenvalue weighted by Gasteiger charge is -2.27. The lowest BCUT2D eigenvalue weighted by atomic mass is 9.83. The van der Waals surface area contributed by atoms with E-state index < -0.39 is 23.4 Å². The van der Waals surface area contributed by atoms with Crippen molar-refractivity contribution in [2.24, 2.45) is 5.73 Å². The largest absolute Gasteiger partial charge is 0.497 e. The molecule has 0 radical (unpaired) electrons. The van der Waals surface area contributed by atoms with Gasteiger partial charge in [0, 0.05) is 17.7 Å². The third-order valence-corrected chi connectivity index (χ3v) is 5.26. The minimum absolute atomic E-state index is 0.0497. The number of benzene rings is 3. The monoisotopic (exact) mass is 473 g/mol. The second-order valence-corrected chi connectivity index (χ2v) is 7.39. The van der Waals surface area contributed by atoms with Gasteiger partial charge in [-0.1, -0.05) is 30.3 Å². The number of para-hydroxylation sites is 2. The number of carbonyl (C=O) groups excluding carboxylic acids is 1. The second kappa shape index (κ2) is 9.84. The minimum atomic E-state index is -0.774. The van der Waals surface area contributed by atoms with E-state index in [-0.39, 0.29) is 28.6 Å². The predicted octanol–water partition coefficient (Wildman–Crippen LogP) is 3.81. The Bertz CT molecular complexity index is 1380. The first-order valence-electron chi connectivity index (χ1n) is 10.3. The van der Waals surface area contributed by atoms with Crippen LogP contribution < -0.4 is 24.7 Å². The molecule has 2 N–H and O–H groups in total. The Morgan fingerprint density at radius 1 is 1.14 bits per heavy atom. The average molecular weight is 473 g/mol. The van der Waals surface area contributed by atoms with Crippen LogP contribution in [0.2, 0.25) is 0 Å². The topological polar surface area (TPSA) is 147 Å². The molecule has 1 unspecified atom stereocenters. The van der Waals surface area contributed by atoms with Crippen LogP contribution >= 0.6 is 0 Å². The third kappa shape index (κ3) is 4.84. The zero-order valence-corrected chi connectivity index (χ0v) is 18.5. The molecule has 3 aromatic rings. The van der Waals surface area contributed by atoms with Crippen LogP contribution in [0.5, 0.6) is 23.0 Å². The van der Waals surface area contributed by atoms with Gasteiger partial charge in [0.25, 0.3) is 0 Å². The van der Waals surface area contributed by atoms with Crippen LogP contribution in [0.1, 0.15) is 17.0 Å². The van der Waals surface area contributed by atoms with E-state index in [0.29, 0.717) is 17.1 Å². The summed E-state index contributed by atoms with van der Waals surface area (Å²) >= 11 is 0. The smallest absolute Gasteiger partial charge is 0.349 e. The number of nitriles is 1. The van der Waals surface area contributed by atoms with Gasteiger partial charge in [-0.05, 0) is 29.8 Å². The van der Waals surface area contributed by atoms with E-state index in [4.69, 9.17) is 24.7 Å². The molecule has 0 aliphatic carbocycles. The molecule has 10 heteroatoms. The SMILES string of the molecule is COc1cccc(C2C(C#N)=C(N)Oc3cc(OC(=O)COc4ccccc4[N+](=O)[O-])ccc32)c1. The molecule has 0 fully saturated rings. The van der Waals surface area contributed by atoms with Gasteiger partial charge in [-0.2, -0.15) is 5.26 Å². The molecule has 0 saturated carbocycles. The standard InChI is InChI=1S/C25H19N3O7/c1-32-16-6-4-5-15(11-16)24-18-10-9-17(12-22(18)35-25(27)19(24)13-26)34-23(29)14-33-21-8-3-2-7-20(21)28(30)31/h2-12,24H,14,27H2,1H3. The molecular formula is C25H19N3O7. The van der Waals surface area contributed by atoms with Crippen molar-refractivity contribution < 1.29 is 28.7 Å². The maximum Gasteiger partial charge on any atom is 0.349 e. The maximum atomic E-state index is 12.3. The number of hydrogen-bond donors (Lipinski definition) is 1. The number of nitro groups is 1. The van der Waals surface area contributed by atoms with Crippen molar-refractivity contribution in [3.05, 3.63) is 99.4 Å². The number of nitro benzene ring substituents is 1. The van der Waals surface area contributed by atoms with Gasteiger partial charge < -0.3 is 24.7 Å². The van der Waals surface area contributed by atoms with Gasteiger partial charge in [-0.3, -0.25) is 10.1 Å². The van der Waals surface area contributed by atoms with E-state index in [1.54, 1.807) is 37.4 Å². The molecule has 35 heavy (non-hydrogen) atoms. The first-order chi connectivity index (χ1) is 16.9. The first kappa shape index (κ1) is 23.1. The van der Waals surface area contributed by atoms with E-state index in [9.17, 15) is 20.2 Å². The summed E-state index contributed by atoms with van der Waals surface area (Å²) < 4.78 is 21.5. The number of nitrogens with zero attached hydrogens (tertiary/aromatic N) is 2. The van der Waals surface area contributed by atoms with E-state index in [2.05, 4.69) is 6.07 Å². The molecule has 1 heterocycles. The molecule has 4 rings (SSSR count). The van der Waals surface area contributed by atoms with Crippen molar-refractivity contribution in [1.29, 1.82) is 5.26 Å². The van der Waals surface area contributed by atoms with Crippen LogP contribution in [0, 0.1) is 21.4 Å². The normalized spacial score (nSPS) is 14.2. The summed E-state index contributed by atoms with van der Waals surface area (Å²) in [5, 5.41) is 20.8. The van der Waals surface area contributed by atoms with Gasteiger partial charge in [0.15, 0.2) is 12.4 Å². The van der Waals surface area contributed by atoms with Crippen molar-refractivity contribution in [3.63, 3.8) is 0 Å². The second-order valence-electron chi connectivity index (χ2n) is 7.39. The Balaban J connectivity index is 1.55. The van der Waals surface area contributed by atoms with Gasteiger partial charge in [0.05, 0.1) is 18.0 Å². The number of nitrogens with two attached hydrogens (primary N) is 1. The molecule has 0 spiro atoms. The minimum Gasteiger partial charge on any atom is -0.497 e. The molecule has 0 bridgehead atoms. The fourth-order valence-electron chi connectivity index (χ4n) is 3.69. The van der Waals surface area contributed by atoms with Crippen LogP contribution in [0.25, 0.3) is 0 Å². The Hall–Kier alpha value is -5.04. The fraction of sp³-hybridized carbons (Fsp3) is 0.120. The zero-order valence-electron chi connectivity index (χ0n) is 18.5. The van der Waals surface area contributed by atoms with Crippen LogP contribution in [0.3, 0.4) is 0 Å².